The van der Waals surface area contributed by atoms with Gasteiger partial charge in [0.05, 0.1) is 5.25 Å². The average Bonchev–Trinajstić information content (AvgIpc) is 2.90. The van der Waals surface area contributed by atoms with Crippen LogP contribution in [0.5, 0.6) is 0 Å². The summed E-state index contributed by atoms with van der Waals surface area (Å²) in [6.07, 6.45) is 4.00. The Kier molecular flexibility index (Phi) is 6.46. The van der Waals surface area contributed by atoms with E-state index in [2.05, 4.69) is 32.0 Å². The molecule has 1 aliphatic rings. The quantitative estimate of drug-likeness (QED) is 0.608. The number of amides is 1. The van der Waals surface area contributed by atoms with E-state index in [9.17, 15) is 4.79 Å². The maximum atomic E-state index is 12.3. The third-order valence-corrected chi connectivity index (χ3v) is 4.99. The van der Waals surface area contributed by atoms with Crippen LogP contribution >= 0.6 is 11.8 Å². The number of rotatable bonds is 6. The van der Waals surface area contributed by atoms with Crippen molar-refractivity contribution in [3.8, 4) is 0 Å². The minimum absolute atomic E-state index is 0.0177. The van der Waals surface area contributed by atoms with Crippen molar-refractivity contribution >= 4 is 17.7 Å². The van der Waals surface area contributed by atoms with Crippen LogP contribution in [-0.2, 0) is 11.3 Å². The Bertz CT molecular complexity index is 572. The highest BCUT2D eigenvalue weighted by Gasteiger charge is 2.26. The number of hydrogen-bond donors (Lipinski definition) is 2. The second-order valence-electron chi connectivity index (χ2n) is 7.26. The summed E-state index contributed by atoms with van der Waals surface area (Å²) < 4.78 is 2.11. The maximum absolute atomic E-state index is 12.3. The van der Waals surface area contributed by atoms with E-state index in [1.807, 2.05) is 33.8 Å². The molecule has 0 bridgehead atoms. The molecule has 1 saturated heterocycles. The number of allylic oxidation sites excluding steroid dienone is 1. The summed E-state index contributed by atoms with van der Waals surface area (Å²) in [5.74, 6) is 1.46. The van der Waals surface area contributed by atoms with Crippen molar-refractivity contribution in [3.05, 3.63) is 18.5 Å². The molecule has 1 fully saturated rings. The Morgan fingerprint density at radius 2 is 2.12 bits per heavy atom. The molecule has 134 valence electrons. The number of carbonyl (C=O) groups is 1. The minimum Gasteiger partial charge on any atom is -0.351 e. The van der Waals surface area contributed by atoms with Crippen molar-refractivity contribution < 1.29 is 4.79 Å². The molecule has 1 amide bonds. The number of aromatic nitrogens is 3. The van der Waals surface area contributed by atoms with Gasteiger partial charge in [-0.3, -0.25) is 4.79 Å². The van der Waals surface area contributed by atoms with E-state index in [4.69, 9.17) is 0 Å². The van der Waals surface area contributed by atoms with E-state index in [0.29, 0.717) is 12.5 Å². The highest BCUT2D eigenvalue weighted by Crippen LogP contribution is 2.29. The number of nitrogens with zero attached hydrogens (tertiary/aromatic N) is 3. The lowest BCUT2D eigenvalue weighted by molar-refractivity contribution is -0.121. The molecule has 0 aliphatic carbocycles. The second kappa shape index (κ2) is 8.16. The van der Waals surface area contributed by atoms with E-state index in [-0.39, 0.29) is 16.7 Å². The lowest BCUT2D eigenvalue weighted by atomic mass is 9.97. The van der Waals surface area contributed by atoms with Crippen molar-refractivity contribution in [1.29, 1.82) is 0 Å². The van der Waals surface area contributed by atoms with Crippen LogP contribution in [0.15, 0.2) is 17.8 Å². The average molecular weight is 352 g/mol. The summed E-state index contributed by atoms with van der Waals surface area (Å²) in [4.78, 5) is 12.3. The van der Waals surface area contributed by atoms with E-state index in [0.717, 1.165) is 36.9 Å². The first-order chi connectivity index (χ1) is 11.3. The van der Waals surface area contributed by atoms with E-state index in [1.165, 1.54) is 11.8 Å². The molecule has 0 saturated carbocycles. The highest BCUT2D eigenvalue weighted by molar-refractivity contribution is 8.00. The maximum Gasteiger partial charge on any atom is 0.233 e. The smallest absolute Gasteiger partial charge is 0.233 e. The van der Waals surface area contributed by atoms with Crippen molar-refractivity contribution in [2.45, 2.75) is 68.9 Å². The van der Waals surface area contributed by atoms with Crippen LogP contribution in [0.2, 0.25) is 0 Å². The van der Waals surface area contributed by atoms with Crippen LogP contribution in [0.1, 0.15) is 52.3 Å². The minimum atomic E-state index is -0.235. The Hall–Kier alpha value is -1.34. The first kappa shape index (κ1) is 19.0. The summed E-state index contributed by atoms with van der Waals surface area (Å²) in [5.41, 5.74) is -0.235. The number of hydrogen-bond acceptors (Lipinski definition) is 5. The highest BCUT2D eigenvalue weighted by atomic mass is 32.2. The van der Waals surface area contributed by atoms with Gasteiger partial charge in [-0.25, -0.2) is 0 Å². The van der Waals surface area contributed by atoms with Crippen LogP contribution in [-0.4, -0.2) is 44.6 Å². The zero-order chi connectivity index (χ0) is 17.7. The molecule has 2 heterocycles. The van der Waals surface area contributed by atoms with Gasteiger partial charge in [0.2, 0.25) is 5.91 Å². The van der Waals surface area contributed by atoms with E-state index in [1.54, 1.807) is 0 Å². The number of piperidine rings is 1. The molecule has 0 spiro atoms. The molecule has 0 radical (unpaired) electrons. The molecule has 6 nitrogen and oxygen atoms in total. The van der Waals surface area contributed by atoms with Gasteiger partial charge in [-0.2, -0.15) is 0 Å². The zero-order valence-electron chi connectivity index (χ0n) is 15.1. The van der Waals surface area contributed by atoms with E-state index < -0.39 is 0 Å². The molecular formula is C17H29N5OS. The summed E-state index contributed by atoms with van der Waals surface area (Å²) in [6, 6.07) is 0. The summed E-state index contributed by atoms with van der Waals surface area (Å²) in [6.45, 7) is 14.4. The van der Waals surface area contributed by atoms with Crippen LogP contribution in [0.3, 0.4) is 0 Å². The van der Waals surface area contributed by atoms with E-state index >= 15 is 0 Å². The van der Waals surface area contributed by atoms with Gasteiger partial charge < -0.3 is 15.2 Å². The fourth-order valence-corrected chi connectivity index (χ4v) is 3.62. The molecule has 24 heavy (non-hydrogen) atoms. The molecule has 2 N–H and O–H groups in total. The fourth-order valence-electron chi connectivity index (χ4n) is 2.75. The molecule has 1 atom stereocenters. The van der Waals surface area contributed by atoms with Crippen molar-refractivity contribution in [1.82, 2.24) is 25.4 Å². The van der Waals surface area contributed by atoms with Crippen molar-refractivity contribution in [3.63, 3.8) is 0 Å². The van der Waals surface area contributed by atoms with Crippen LogP contribution in [0.4, 0.5) is 0 Å². The molecule has 1 aliphatic heterocycles. The third-order valence-electron chi connectivity index (χ3n) is 3.91. The molecule has 0 aromatic carbocycles. The number of carbonyl (C=O) groups excluding carboxylic acids is 1. The Labute approximate surface area is 148 Å². The van der Waals surface area contributed by atoms with Gasteiger partial charge >= 0.3 is 0 Å². The van der Waals surface area contributed by atoms with Crippen LogP contribution in [0, 0.1) is 0 Å². The van der Waals surface area contributed by atoms with Gasteiger partial charge in [-0.1, -0.05) is 17.8 Å². The molecule has 0 unspecified atom stereocenters. The fraction of sp³-hybridized carbons (Fsp3) is 0.706. The summed E-state index contributed by atoms with van der Waals surface area (Å²) >= 11 is 1.46. The molecule has 2 rings (SSSR count). The Balaban J connectivity index is 2.13. The zero-order valence-corrected chi connectivity index (χ0v) is 15.9. The third kappa shape index (κ3) is 5.08. The summed E-state index contributed by atoms with van der Waals surface area (Å²) in [7, 11) is 0. The lowest BCUT2D eigenvalue weighted by Gasteiger charge is -2.24. The van der Waals surface area contributed by atoms with Gasteiger partial charge in [0, 0.05) is 18.0 Å². The SMILES string of the molecule is C=CCn1c(S[C@@H](C)C(=O)NC(C)(C)C)nnc1C1CCNCC1. The summed E-state index contributed by atoms with van der Waals surface area (Å²) in [5, 5.41) is 15.7. The monoisotopic (exact) mass is 351 g/mol. The largest absolute Gasteiger partial charge is 0.351 e. The topological polar surface area (TPSA) is 71.8 Å². The van der Waals surface area contributed by atoms with Gasteiger partial charge in [0.15, 0.2) is 5.16 Å². The standard InChI is InChI=1S/C17H29N5OS/c1-6-11-22-14(13-7-9-18-10-8-13)20-21-16(22)24-12(2)15(23)19-17(3,4)5/h6,12-13,18H,1,7-11H2,2-5H3,(H,19,23)/t12-/m0/s1. The predicted octanol–water partition coefficient (Wildman–Crippen LogP) is 2.33. The van der Waals surface area contributed by atoms with Gasteiger partial charge in [0.25, 0.3) is 0 Å². The normalized spacial score (nSPS) is 17.5. The first-order valence-corrected chi connectivity index (χ1v) is 9.43. The first-order valence-electron chi connectivity index (χ1n) is 8.55. The molecular weight excluding hydrogens is 322 g/mol. The second-order valence-corrected chi connectivity index (χ2v) is 8.57. The lowest BCUT2D eigenvalue weighted by Crippen LogP contribution is -2.44. The van der Waals surface area contributed by atoms with Gasteiger partial charge in [-0.15, -0.1) is 16.8 Å². The molecule has 7 heteroatoms. The molecule has 1 aromatic rings. The number of thioether (sulfide) groups is 1. The van der Waals surface area contributed by atoms with Gasteiger partial charge in [-0.05, 0) is 53.6 Å². The van der Waals surface area contributed by atoms with Crippen molar-refractivity contribution in [2.75, 3.05) is 13.1 Å². The predicted molar refractivity (Wildman–Crippen MR) is 98.3 cm³/mol. The molecule has 1 aromatic heterocycles. The Morgan fingerprint density at radius 3 is 2.71 bits per heavy atom. The van der Waals surface area contributed by atoms with Crippen molar-refractivity contribution in [2.24, 2.45) is 0 Å². The Morgan fingerprint density at radius 1 is 1.46 bits per heavy atom. The van der Waals surface area contributed by atoms with Crippen LogP contribution in [0.25, 0.3) is 0 Å². The van der Waals surface area contributed by atoms with Crippen LogP contribution < -0.4 is 10.6 Å². The van der Waals surface area contributed by atoms with Gasteiger partial charge in [0.1, 0.15) is 5.82 Å². The number of nitrogens with one attached hydrogen (secondary N) is 2.